The molecule has 0 aromatic carbocycles. The summed E-state index contributed by atoms with van der Waals surface area (Å²) in [5.74, 6) is 1.22. The van der Waals surface area contributed by atoms with Crippen molar-refractivity contribution in [2.24, 2.45) is 5.92 Å². The topological polar surface area (TPSA) is 49.0 Å². The van der Waals surface area contributed by atoms with Crippen LogP contribution < -0.4 is 0 Å². The van der Waals surface area contributed by atoms with Crippen LogP contribution >= 0.6 is 0 Å². The quantitative estimate of drug-likeness (QED) is 0.848. The Labute approximate surface area is 113 Å². The van der Waals surface area contributed by atoms with Gasteiger partial charge in [-0.1, -0.05) is 12.2 Å². The van der Waals surface area contributed by atoms with Crippen molar-refractivity contribution >= 4 is 5.91 Å². The van der Waals surface area contributed by atoms with Crippen LogP contribution in [-0.4, -0.2) is 34.1 Å². The molecular formula is C15H21N3O. The molecule has 1 aliphatic carbocycles. The van der Waals surface area contributed by atoms with E-state index in [1.807, 2.05) is 11.0 Å². The van der Waals surface area contributed by atoms with Gasteiger partial charge in [-0.3, -0.25) is 9.89 Å². The first-order chi connectivity index (χ1) is 9.33. The number of amides is 1. The number of aromatic nitrogens is 2. The molecule has 4 heteroatoms. The summed E-state index contributed by atoms with van der Waals surface area (Å²) < 4.78 is 0. The number of carbonyl (C=O) groups excluding carboxylic acids is 1. The SMILES string of the molecule is O=C(C[C@@H]1C=CCC1)N1CCC[C@H](c2ccn[nH]2)C1. The van der Waals surface area contributed by atoms with Crippen LogP contribution in [0.15, 0.2) is 24.4 Å². The Hall–Kier alpha value is -1.58. The van der Waals surface area contributed by atoms with Crippen LogP contribution in [-0.2, 0) is 4.79 Å². The van der Waals surface area contributed by atoms with Gasteiger partial charge in [-0.2, -0.15) is 5.10 Å². The van der Waals surface area contributed by atoms with Crippen LogP contribution in [0.5, 0.6) is 0 Å². The molecule has 0 unspecified atom stereocenters. The van der Waals surface area contributed by atoms with Gasteiger partial charge in [0.1, 0.15) is 0 Å². The fraction of sp³-hybridized carbons (Fsp3) is 0.600. The molecule has 1 amide bonds. The first-order valence-electron chi connectivity index (χ1n) is 7.26. The Morgan fingerprint density at radius 1 is 1.47 bits per heavy atom. The normalized spacial score (nSPS) is 26.8. The molecule has 19 heavy (non-hydrogen) atoms. The monoisotopic (exact) mass is 259 g/mol. The van der Waals surface area contributed by atoms with Gasteiger partial charge >= 0.3 is 0 Å². The number of rotatable bonds is 3. The van der Waals surface area contributed by atoms with E-state index in [9.17, 15) is 4.79 Å². The second-order valence-corrected chi connectivity index (χ2v) is 5.66. The molecule has 3 rings (SSSR count). The number of hydrogen-bond acceptors (Lipinski definition) is 2. The molecule has 1 aromatic heterocycles. The minimum atomic E-state index is 0.320. The molecule has 4 nitrogen and oxygen atoms in total. The molecule has 0 saturated carbocycles. The lowest BCUT2D eigenvalue weighted by Gasteiger charge is -2.32. The number of H-pyrrole nitrogens is 1. The van der Waals surface area contributed by atoms with Gasteiger partial charge in [0.15, 0.2) is 0 Å². The number of piperidine rings is 1. The van der Waals surface area contributed by atoms with Gasteiger partial charge in [0.25, 0.3) is 0 Å². The molecule has 1 aliphatic heterocycles. The Balaban J connectivity index is 1.58. The molecule has 0 radical (unpaired) electrons. The Bertz CT molecular complexity index is 452. The van der Waals surface area contributed by atoms with Crippen LogP contribution in [0.4, 0.5) is 0 Å². The highest BCUT2D eigenvalue weighted by Gasteiger charge is 2.26. The summed E-state index contributed by atoms with van der Waals surface area (Å²) in [5.41, 5.74) is 1.17. The molecule has 0 bridgehead atoms. The van der Waals surface area contributed by atoms with Gasteiger partial charge < -0.3 is 4.90 Å². The smallest absolute Gasteiger partial charge is 0.223 e. The zero-order chi connectivity index (χ0) is 13.1. The third kappa shape index (κ3) is 2.88. The van der Waals surface area contributed by atoms with E-state index in [0.29, 0.717) is 24.2 Å². The predicted octanol–water partition coefficient (Wildman–Crippen LogP) is 2.47. The summed E-state index contributed by atoms with van der Waals surface area (Å²) in [6.45, 7) is 1.76. The fourth-order valence-corrected chi connectivity index (χ4v) is 3.17. The number of allylic oxidation sites excluding steroid dienone is 2. The second kappa shape index (κ2) is 5.59. The average molecular weight is 259 g/mol. The van der Waals surface area contributed by atoms with E-state index in [2.05, 4.69) is 22.3 Å². The summed E-state index contributed by atoms with van der Waals surface area (Å²) in [7, 11) is 0. The van der Waals surface area contributed by atoms with Crippen molar-refractivity contribution in [2.45, 2.75) is 38.0 Å². The Kier molecular flexibility index (Phi) is 3.67. The van der Waals surface area contributed by atoms with Crippen LogP contribution in [0.3, 0.4) is 0 Å². The predicted molar refractivity (Wildman–Crippen MR) is 73.6 cm³/mol. The van der Waals surface area contributed by atoms with Crippen molar-refractivity contribution < 1.29 is 4.79 Å². The van der Waals surface area contributed by atoms with Crippen molar-refractivity contribution in [2.75, 3.05) is 13.1 Å². The van der Waals surface area contributed by atoms with Gasteiger partial charge in [-0.25, -0.2) is 0 Å². The van der Waals surface area contributed by atoms with Crippen LogP contribution in [0, 0.1) is 5.92 Å². The fourth-order valence-electron chi connectivity index (χ4n) is 3.17. The van der Waals surface area contributed by atoms with E-state index >= 15 is 0 Å². The maximum absolute atomic E-state index is 12.3. The summed E-state index contributed by atoms with van der Waals surface area (Å²) >= 11 is 0. The number of likely N-dealkylation sites (tertiary alicyclic amines) is 1. The van der Waals surface area contributed by atoms with E-state index in [4.69, 9.17) is 0 Å². The second-order valence-electron chi connectivity index (χ2n) is 5.66. The van der Waals surface area contributed by atoms with Gasteiger partial charge in [0.05, 0.1) is 0 Å². The van der Waals surface area contributed by atoms with Gasteiger partial charge in [-0.15, -0.1) is 0 Å². The molecule has 1 aromatic rings. The van der Waals surface area contributed by atoms with E-state index in [1.165, 1.54) is 5.69 Å². The maximum atomic E-state index is 12.3. The number of aromatic amines is 1. The lowest BCUT2D eigenvalue weighted by Crippen LogP contribution is -2.39. The summed E-state index contributed by atoms with van der Waals surface area (Å²) in [6.07, 6.45) is 11.4. The summed E-state index contributed by atoms with van der Waals surface area (Å²) in [5, 5.41) is 7.05. The third-order valence-corrected chi connectivity index (χ3v) is 4.29. The van der Waals surface area contributed by atoms with Crippen LogP contribution in [0.25, 0.3) is 0 Å². The number of nitrogens with zero attached hydrogens (tertiary/aromatic N) is 2. The van der Waals surface area contributed by atoms with Gasteiger partial charge in [0, 0.05) is 37.3 Å². The molecule has 1 N–H and O–H groups in total. The van der Waals surface area contributed by atoms with Crippen LogP contribution in [0.2, 0.25) is 0 Å². The average Bonchev–Trinajstić information content (AvgIpc) is 3.12. The number of nitrogens with one attached hydrogen (secondary N) is 1. The highest BCUT2D eigenvalue weighted by molar-refractivity contribution is 5.77. The Morgan fingerprint density at radius 2 is 2.42 bits per heavy atom. The summed E-state index contributed by atoms with van der Waals surface area (Å²) in [6, 6.07) is 2.03. The standard InChI is InChI=1S/C15H21N3O/c19-15(10-12-4-1-2-5-12)18-9-3-6-13(11-18)14-7-8-16-17-14/h1,4,7-8,12-13H,2-3,5-6,9-11H2,(H,16,17)/t12-,13+/m1/s1. The van der Waals surface area contributed by atoms with Crippen molar-refractivity contribution in [1.29, 1.82) is 0 Å². The molecule has 2 heterocycles. The first-order valence-corrected chi connectivity index (χ1v) is 7.26. The number of hydrogen-bond donors (Lipinski definition) is 1. The van der Waals surface area contributed by atoms with Crippen molar-refractivity contribution in [3.8, 4) is 0 Å². The van der Waals surface area contributed by atoms with E-state index in [-0.39, 0.29) is 0 Å². The molecule has 2 atom stereocenters. The Morgan fingerprint density at radius 3 is 3.16 bits per heavy atom. The first kappa shape index (κ1) is 12.5. The number of carbonyl (C=O) groups is 1. The highest BCUT2D eigenvalue weighted by atomic mass is 16.2. The maximum Gasteiger partial charge on any atom is 0.223 e. The lowest BCUT2D eigenvalue weighted by molar-refractivity contribution is -0.133. The largest absolute Gasteiger partial charge is 0.342 e. The van der Waals surface area contributed by atoms with Crippen molar-refractivity contribution in [3.05, 3.63) is 30.1 Å². The van der Waals surface area contributed by atoms with E-state index in [0.717, 1.165) is 38.8 Å². The third-order valence-electron chi connectivity index (χ3n) is 4.29. The zero-order valence-corrected chi connectivity index (χ0v) is 11.2. The molecular weight excluding hydrogens is 238 g/mol. The van der Waals surface area contributed by atoms with E-state index < -0.39 is 0 Å². The summed E-state index contributed by atoms with van der Waals surface area (Å²) in [4.78, 5) is 14.4. The van der Waals surface area contributed by atoms with Crippen LogP contribution in [0.1, 0.15) is 43.7 Å². The zero-order valence-electron chi connectivity index (χ0n) is 11.2. The minimum absolute atomic E-state index is 0.320. The molecule has 1 saturated heterocycles. The van der Waals surface area contributed by atoms with Gasteiger partial charge in [0.2, 0.25) is 5.91 Å². The lowest BCUT2D eigenvalue weighted by atomic mass is 9.94. The molecule has 0 spiro atoms. The molecule has 2 aliphatic rings. The van der Waals surface area contributed by atoms with E-state index in [1.54, 1.807) is 6.20 Å². The molecule has 102 valence electrons. The van der Waals surface area contributed by atoms with Crippen molar-refractivity contribution in [1.82, 2.24) is 15.1 Å². The minimum Gasteiger partial charge on any atom is -0.342 e. The van der Waals surface area contributed by atoms with Gasteiger partial charge in [-0.05, 0) is 37.7 Å². The molecule has 1 fully saturated rings. The van der Waals surface area contributed by atoms with Crippen molar-refractivity contribution in [3.63, 3.8) is 0 Å². The highest BCUT2D eigenvalue weighted by Crippen LogP contribution is 2.27.